The van der Waals surface area contributed by atoms with Gasteiger partial charge in [-0.05, 0) is 61.1 Å². The van der Waals surface area contributed by atoms with E-state index in [0.29, 0.717) is 30.4 Å². The molecule has 1 saturated carbocycles. The second-order valence-corrected chi connectivity index (χ2v) is 11.1. The van der Waals surface area contributed by atoms with Crippen LogP contribution in [-0.2, 0) is 10.0 Å². The van der Waals surface area contributed by atoms with Crippen molar-refractivity contribution in [1.82, 2.24) is 3.89 Å². The average Bonchev–Trinajstić information content (AvgIpc) is 3.60. The number of hydrogen-bond acceptors (Lipinski definition) is 4. The van der Waals surface area contributed by atoms with Gasteiger partial charge in [0.25, 0.3) is 0 Å². The molecule has 31 heavy (non-hydrogen) atoms. The Morgan fingerprint density at radius 3 is 2.45 bits per heavy atom. The van der Waals surface area contributed by atoms with Gasteiger partial charge in [-0.3, -0.25) is 0 Å². The van der Waals surface area contributed by atoms with Crippen molar-refractivity contribution in [2.24, 2.45) is 5.73 Å². The predicted molar refractivity (Wildman–Crippen MR) is 127 cm³/mol. The van der Waals surface area contributed by atoms with Gasteiger partial charge in [-0.15, -0.1) is 0 Å². The summed E-state index contributed by atoms with van der Waals surface area (Å²) in [6, 6.07) is 13.7. The van der Waals surface area contributed by atoms with Gasteiger partial charge in [-0.25, -0.2) is 0 Å². The average molecular weight is 440 g/mol. The van der Waals surface area contributed by atoms with Crippen LogP contribution in [0.15, 0.2) is 66.4 Å². The molecular formula is C25H31N2O3S+. The minimum atomic E-state index is -3.43. The maximum Gasteiger partial charge on any atom is 0.309 e. The van der Waals surface area contributed by atoms with E-state index < -0.39 is 10.0 Å². The van der Waals surface area contributed by atoms with Crippen LogP contribution in [0.2, 0.25) is 0 Å². The summed E-state index contributed by atoms with van der Waals surface area (Å²) in [4.78, 5) is 0. The van der Waals surface area contributed by atoms with E-state index in [-0.39, 0.29) is 9.14 Å². The molecule has 5 nitrogen and oxygen atoms in total. The predicted octanol–water partition coefficient (Wildman–Crippen LogP) is 5.12. The topological polar surface area (TPSA) is 69.4 Å². The van der Waals surface area contributed by atoms with Gasteiger partial charge in [0.2, 0.25) is 0 Å². The van der Waals surface area contributed by atoms with E-state index >= 15 is 0 Å². The summed E-state index contributed by atoms with van der Waals surface area (Å²) in [5, 5.41) is -0.286. The molecule has 1 atom stereocenters. The first kappa shape index (κ1) is 21.8. The number of ether oxygens (including phenoxy) is 1. The van der Waals surface area contributed by atoms with Crippen molar-refractivity contribution < 1.29 is 13.2 Å². The number of benzene rings is 2. The highest BCUT2D eigenvalue weighted by atomic mass is 32.2. The van der Waals surface area contributed by atoms with Gasteiger partial charge >= 0.3 is 10.0 Å². The molecule has 4 rings (SSSR count). The Labute approximate surface area is 185 Å². The fourth-order valence-electron chi connectivity index (χ4n) is 4.08. The molecule has 2 aromatic rings. The first-order valence-electron chi connectivity index (χ1n) is 10.9. The molecule has 1 fully saturated rings. The Kier molecular flexibility index (Phi) is 5.81. The van der Waals surface area contributed by atoms with E-state index in [2.05, 4.69) is 26.0 Å². The molecule has 1 heterocycles. The van der Waals surface area contributed by atoms with Crippen LogP contribution >= 0.6 is 0 Å². The van der Waals surface area contributed by atoms with Gasteiger partial charge < -0.3 is 10.5 Å². The maximum atomic E-state index is 13.5. The van der Waals surface area contributed by atoms with Crippen LogP contribution in [0.25, 0.3) is 0 Å². The van der Waals surface area contributed by atoms with Crippen molar-refractivity contribution in [3.05, 3.63) is 77.5 Å². The highest BCUT2D eigenvalue weighted by Gasteiger charge is 2.52. The van der Waals surface area contributed by atoms with E-state index in [4.69, 9.17) is 10.5 Å². The summed E-state index contributed by atoms with van der Waals surface area (Å²) in [6.45, 7) is 7.01. The molecule has 0 saturated heterocycles. The number of quaternary nitrogens is 1. The summed E-state index contributed by atoms with van der Waals surface area (Å²) in [5.41, 5.74) is 9.67. The Bertz CT molecular complexity index is 1130. The fourth-order valence-corrected chi connectivity index (χ4v) is 6.34. The molecule has 0 radical (unpaired) electrons. The highest BCUT2D eigenvalue weighted by Crippen LogP contribution is 2.42. The van der Waals surface area contributed by atoms with Crippen LogP contribution in [-0.4, -0.2) is 26.8 Å². The summed E-state index contributed by atoms with van der Waals surface area (Å²) in [6.07, 6.45) is 7.09. The van der Waals surface area contributed by atoms with Gasteiger partial charge in [0, 0.05) is 24.3 Å². The lowest BCUT2D eigenvalue weighted by Crippen LogP contribution is -2.52. The molecule has 1 unspecified atom stereocenters. The Morgan fingerprint density at radius 1 is 1.13 bits per heavy atom. The number of aryl methyl sites for hydroxylation is 1. The molecule has 1 aliphatic carbocycles. The van der Waals surface area contributed by atoms with Crippen molar-refractivity contribution in [2.75, 3.05) is 13.1 Å². The molecule has 0 amide bonds. The smallest absolute Gasteiger partial charge is 0.309 e. The normalized spacial score (nSPS) is 21.3. The summed E-state index contributed by atoms with van der Waals surface area (Å²) < 4.78 is 33.0. The van der Waals surface area contributed by atoms with E-state index in [1.165, 1.54) is 0 Å². The van der Waals surface area contributed by atoms with Gasteiger partial charge in [0.1, 0.15) is 29.5 Å². The van der Waals surface area contributed by atoms with E-state index in [9.17, 15) is 8.42 Å². The number of sulfonamides is 1. The lowest BCUT2D eigenvalue weighted by Gasteiger charge is -2.34. The van der Waals surface area contributed by atoms with Gasteiger partial charge in [0.05, 0.1) is 0 Å². The second-order valence-electron chi connectivity index (χ2n) is 8.79. The van der Waals surface area contributed by atoms with Crippen molar-refractivity contribution in [3.8, 4) is 11.5 Å². The van der Waals surface area contributed by atoms with Crippen LogP contribution in [0.1, 0.15) is 43.7 Å². The summed E-state index contributed by atoms with van der Waals surface area (Å²) in [7, 11) is -3.43. The lowest BCUT2D eigenvalue weighted by atomic mass is 10.0. The number of nitrogens with zero attached hydrogens (tertiary/aromatic N) is 1. The van der Waals surface area contributed by atoms with Crippen LogP contribution in [0.4, 0.5) is 5.69 Å². The zero-order valence-electron chi connectivity index (χ0n) is 18.4. The Balaban J connectivity index is 1.70. The van der Waals surface area contributed by atoms with Crippen LogP contribution in [0.5, 0.6) is 11.5 Å². The third kappa shape index (κ3) is 4.07. The second kappa shape index (κ2) is 8.26. The molecular weight excluding hydrogens is 408 g/mol. The van der Waals surface area contributed by atoms with E-state index in [1.54, 1.807) is 6.20 Å². The third-order valence-electron chi connectivity index (χ3n) is 6.01. The minimum Gasteiger partial charge on any atom is -0.457 e. The van der Waals surface area contributed by atoms with Crippen molar-refractivity contribution in [3.63, 3.8) is 0 Å². The number of nitrogens with two attached hydrogens (primary N) is 1. The minimum absolute atomic E-state index is 0.206. The van der Waals surface area contributed by atoms with Crippen molar-refractivity contribution in [2.45, 2.75) is 44.8 Å². The molecule has 1 aliphatic heterocycles. The first-order valence-corrected chi connectivity index (χ1v) is 12.4. The maximum absolute atomic E-state index is 13.5. The fraction of sp³-hybridized carbons (Fsp3) is 0.360. The standard InChI is InChI=1S/C25H31N2O3S/c1-18(2)24-13-6-19(3)15-25(24)30-22-9-7-21(8-10-22)27(31(28,29)23-11-12-23)14-4-5-20(16-26)17-27/h4-10,13,15,17-18,23H,11-12,14,16,26H2,1-3H3/q+1. The zero-order chi connectivity index (χ0) is 22.2. The number of hydrogen-bond donors (Lipinski definition) is 1. The molecule has 2 N–H and O–H groups in total. The first-order chi connectivity index (χ1) is 14.8. The summed E-state index contributed by atoms with van der Waals surface area (Å²) in [5.74, 6) is 1.87. The molecule has 0 bridgehead atoms. The van der Waals surface area contributed by atoms with Crippen LogP contribution < -0.4 is 14.4 Å². The van der Waals surface area contributed by atoms with E-state index in [1.807, 2.05) is 49.4 Å². The SMILES string of the molecule is Cc1ccc(C(C)C)c(Oc2ccc([N+]3(S(=O)(=O)C4CC4)C=C(CN)C=CC3)cc2)c1. The molecule has 164 valence electrons. The molecule has 2 aliphatic rings. The van der Waals surface area contributed by atoms with Crippen molar-refractivity contribution >= 4 is 15.7 Å². The molecule has 2 aromatic carbocycles. The third-order valence-corrected chi connectivity index (χ3v) is 8.70. The molecule has 0 spiro atoms. The lowest BCUT2D eigenvalue weighted by molar-refractivity contribution is 0.471. The van der Waals surface area contributed by atoms with E-state index in [0.717, 1.165) is 35.3 Å². The van der Waals surface area contributed by atoms with Crippen LogP contribution in [0.3, 0.4) is 0 Å². The largest absolute Gasteiger partial charge is 0.457 e. The Morgan fingerprint density at radius 2 is 1.84 bits per heavy atom. The quantitative estimate of drug-likeness (QED) is 0.608. The number of rotatable bonds is 7. The zero-order valence-corrected chi connectivity index (χ0v) is 19.2. The summed E-state index contributed by atoms with van der Waals surface area (Å²) >= 11 is 0. The van der Waals surface area contributed by atoms with Gasteiger partial charge in [-0.2, -0.15) is 12.3 Å². The monoisotopic (exact) mass is 439 g/mol. The van der Waals surface area contributed by atoms with Crippen LogP contribution in [0, 0.1) is 6.92 Å². The van der Waals surface area contributed by atoms with Gasteiger partial charge in [0.15, 0.2) is 5.69 Å². The Hall–Kier alpha value is -2.41. The molecule has 0 aromatic heterocycles. The highest BCUT2D eigenvalue weighted by molar-refractivity contribution is 7.92. The molecule has 6 heteroatoms. The van der Waals surface area contributed by atoms with Gasteiger partial charge in [-0.1, -0.05) is 32.1 Å². The van der Waals surface area contributed by atoms with Crippen molar-refractivity contribution in [1.29, 1.82) is 0 Å².